The summed E-state index contributed by atoms with van der Waals surface area (Å²) in [5.74, 6) is 0. The van der Waals surface area contributed by atoms with Gasteiger partial charge in [0, 0.05) is 0 Å². The van der Waals surface area contributed by atoms with Gasteiger partial charge in [0.1, 0.15) is 0 Å². The first-order valence-electron chi connectivity index (χ1n) is 6.19. The predicted octanol–water partition coefficient (Wildman–Crippen LogP) is 2.77. The zero-order valence-electron chi connectivity index (χ0n) is 10.2. The van der Waals surface area contributed by atoms with Gasteiger partial charge in [-0.3, -0.25) is 9.80 Å². The zero-order valence-corrected chi connectivity index (χ0v) is 10.2. The molecule has 2 unspecified atom stereocenters. The van der Waals surface area contributed by atoms with E-state index in [9.17, 15) is 0 Å². The third-order valence-corrected chi connectivity index (χ3v) is 4.30. The standard InChI is InChI=1S/C15H16N2/c1-16-9-17(2)15-12-8-4-6-10-5-3-7-11(13(10)12)14(15)16/h3-8,14-15H,9H2,1-2H3. The summed E-state index contributed by atoms with van der Waals surface area (Å²) in [6, 6.07) is 14.5. The van der Waals surface area contributed by atoms with Gasteiger partial charge in [-0.05, 0) is 36.0 Å². The van der Waals surface area contributed by atoms with Crippen LogP contribution in [0.25, 0.3) is 10.8 Å². The number of fused-ring (bicyclic) bond motifs is 3. The molecule has 2 aromatic rings. The number of benzene rings is 2. The summed E-state index contributed by atoms with van der Waals surface area (Å²) < 4.78 is 0. The van der Waals surface area contributed by atoms with Crippen LogP contribution in [0.3, 0.4) is 0 Å². The van der Waals surface area contributed by atoms with Crippen LogP contribution in [0.5, 0.6) is 0 Å². The minimum absolute atomic E-state index is 0.543. The smallest absolute Gasteiger partial charge is 0.0561 e. The number of rotatable bonds is 0. The highest BCUT2D eigenvalue weighted by molar-refractivity contribution is 5.92. The second-order valence-electron chi connectivity index (χ2n) is 5.34. The molecule has 1 aliphatic heterocycles. The first-order chi connectivity index (χ1) is 8.27. The Balaban J connectivity index is 2.08. The fourth-order valence-corrected chi connectivity index (χ4v) is 3.72. The van der Waals surface area contributed by atoms with Crippen LogP contribution in [0, 0.1) is 0 Å². The Kier molecular flexibility index (Phi) is 1.75. The Morgan fingerprint density at radius 3 is 1.94 bits per heavy atom. The van der Waals surface area contributed by atoms with E-state index in [1.165, 1.54) is 21.9 Å². The number of hydrogen-bond acceptors (Lipinski definition) is 2. The van der Waals surface area contributed by atoms with Crippen LogP contribution in [-0.4, -0.2) is 30.6 Å². The van der Waals surface area contributed by atoms with Gasteiger partial charge in [0.25, 0.3) is 0 Å². The highest BCUT2D eigenvalue weighted by atomic mass is 15.4. The van der Waals surface area contributed by atoms with Gasteiger partial charge in [-0.2, -0.15) is 0 Å². The Morgan fingerprint density at radius 1 is 0.882 bits per heavy atom. The minimum atomic E-state index is 0.543. The molecule has 86 valence electrons. The Labute approximate surface area is 101 Å². The molecule has 0 radical (unpaired) electrons. The summed E-state index contributed by atoms with van der Waals surface area (Å²) in [6.07, 6.45) is 0. The monoisotopic (exact) mass is 224 g/mol. The number of nitrogens with zero attached hydrogens (tertiary/aromatic N) is 2. The highest BCUT2D eigenvalue weighted by Gasteiger charge is 2.43. The van der Waals surface area contributed by atoms with Gasteiger partial charge in [0.05, 0.1) is 18.8 Å². The maximum atomic E-state index is 2.46. The molecule has 1 saturated heterocycles. The van der Waals surface area contributed by atoms with Crippen LogP contribution in [-0.2, 0) is 0 Å². The fraction of sp³-hybridized carbons (Fsp3) is 0.333. The number of hydrogen-bond donors (Lipinski definition) is 0. The van der Waals surface area contributed by atoms with Crippen LogP contribution < -0.4 is 0 Å². The third kappa shape index (κ3) is 1.07. The lowest BCUT2D eigenvalue weighted by Crippen LogP contribution is -2.20. The van der Waals surface area contributed by atoms with E-state index in [4.69, 9.17) is 0 Å². The molecule has 4 rings (SSSR count). The highest BCUT2D eigenvalue weighted by Crippen LogP contribution is 2.51. The van der Waals surface area contributed by atoms with Crippen molar-refractivity contribution in [3.8, 4) is 0 Å². The van der Waals surface area contributed by atoms with Crippen LogP contribution in [0.15, 0.2) is 36.4 Å². The molecule has 0 amide bonds. The molecule has 2 aromatic carbocycles. The van der Waals surface area contributed by atoms with Crippen LogP contribution in [0.2, 0.25) is 0 Å². The Hall–Kier alpha value is -1.38. The summed E-state index contributed by atoms with van der Waals surface area (Å²) >= 11 is 0. The molecular formula is C15H16N2. The van der Waals surface area contributed by atoms with Crippen molar-refractivity contribution in [2.45, 2.75) is 12.1 Å². The SMILES string of the molecule is CN1CN(C)C2c3cccc4cccc(c34)C21. The first kappa shape index (κ1) is 9.63. The fourth-order valence-electron chi connectivity index (χ4n) is 3.72. The van der Waals surface area contributed by atoms with Gasteiger partial charge in [0.2, 0.25) is 0 Å². The van der Waals surface area contributed by atoms with E-state index in [1.807, 2.05) is 0 Å². The van der Waals surface area contributed by atoms with Crippen LogP contribution in [0.4, 0.5) is 0 Å². The van der Waals surface area contributed by atoms with E-state index >= 15 is 0 Å². The second kappa shape index (κ2) is 3.09. The van der Waals surface area contributed by atoms with E-state index in [-0.39, 0.29) is 0 Å². The molecule has 0 bridgehead atoms. The molecule has 2 nitrogen and oxygen atoms in total. The molecule has 0 spiro atoms. The third-order valence-electron chi connectivity index (χ3n) is 4.30. The van der Waals surface area contributed by atoms with Crippen molar-refractivity contribution in [3.05, 3.63) is 47.5 Å². The van der Waals surface area contributed by atoms with Crippen molar-refractivity contribution >= 4 is 10.8 Å². The normalized spacial score (nSPS) is 27.9. The van der Waals surface area contributed by atoms with Gasteiger partial charge >= 0.3 is 0 Å². The molecule has 0 aromatic heterocycles. The van der Waals surface area contributed by atoms with Crippen molar-refractivity contribution in [1.29, 1.82) is 0 Å². The van der Waals surface area contributed by atoms with Gasteiger partial charge in [0.15, 0.2) is 0 Å². The van der Waals surface area contributed by atoms with Crippen molar-refractivity contribution in [1.82, 2.24) is 9.80 Å². The number of likely N-dealkylation sites (N-methyl/N-ethyl adjacent to an activating group) is 2. The van der Waals surface area contributed by atoms with E-state index in [1.54, 1.807) is 0 Å². The maximum Gasteiger partial charge on any atom is 0.0561 e. The van der Waals surface area contributed by atoms with Crippen LogP contribution >= 0.6 is 0 Å². The van der Waals surface area contributed by atoms with E-state index < -0.39 is 0 Å². The van der Waals surface area contributed by atoms with Gasteiger partial charge in [-0.15, -0.1) is 0 Å². The molecule has 1 fully saturated rings. The minimum Gasteiger partial charge on any atom is -0.285 e. The Morgan fingerprint density at radius 2 is 1.41 bits per heavy atom. The molecule has 2 aliphatic rings. The summed E-state index contributed by atoms with van der Waals surface area (Å²) in [7, 11) is 4.46. The molecule has 0 N–H and O–H groups in total. The largest absolute Gasteiger partial charge is 0.285 e. The summed E-state index contributed by atoms with van der Waals surface area (Å²) in [4.78, 5) is 4.92. The summed E-state index contributed by atoms with van der Waals surface area (Å²) in [5, 5.41) is 2.87. The van der Waals surface area contributed by atoms with E-state index in [2.05, 4.69) is 60.3 Å². The van der Waals surface area contributed by atoms with Crippen molar-refractivity contribution in [2.24, 2.45) is 0 Å². The van der Waals surface area contributed by atoms with Crippen molar-refractivity contribution in [2.75, 3.05) is 20.8 Å². The topological polar surface area (TPSA) is 6.48 Å². The lowest BCUT2D eigenvalue weighted by molar-refractivity contribution is 0.283. The molecule has 1 heterocycles. The van der Waals surface area contributed by atoms with Crippen molar-refractivity contribution in [3.63, 3.8) is 0 Å². The molecule has 1 aliphatic carbocycles. The lowest BCUT2D eigenvalue weighted by Gasteiger charge is -2.19. The predicted molar refractivity (Wildman–Crippen MR) is 69.8 cm³/mol. The lowest BCUT2D eigenvalue weighted by atomic mass is 10.0. The summed E-state index contributed by atoms with van der Waals surface area (Å²) in [5.41, 5.74) is 3.02. The van der Waals surface area contributed by atoms with Gasteiger partial charge < -0.3 is 0 Å². The average Bonchev–Trinajstić information content (AvgIpc) is 2.81. The molecular weight excluding hydrogens is 208 g/mol. The summed E-state index contributed by atoms with van der Waals surface area (Å²) in [6.45, 7) is 1.06. The quantitative estimate of drug-likeness (QED) is 0.679. The molecule has 0 saturated carbocycles. The molecule has 2 heteroatoms. The van der Waals surface area contributed by atoms with E-state index in [0.717, 1.165) is 6.67 Å². The van der Waals surface area contributed by atoms with Gasteiger partial charge in [-0.1, -0.05) is 36.4 Å². The second-order valence-corrected chi connectivity index (χ2v) is 5.34. The molecule has 17 heavy (non-hydrogen) atoms. The van der Waals surface area contributed by atoms with Crippen molar-refractivity contribution < 1.29 is 0 Å². The Bertz CT molecular complexity index is 556. The maximum absolute atomic E-state index is 2.46. The van der Waals surface area contributed by atoms with Gasteiger partial charge in [-0.25, -0.2) is 0 Å². The van der Waals surface area contributed by atoms with Crippen LogP contribution in [0.1, 0.15) is 23.2 Å². The molecule has 2 atom stereocenters. The zero-order chi connectivity index (χ0) is 11.6. The average molecular weight is 224 g/mol. The first-order valence-corrected chi connectivity index (χ1v) is 6.19. The van der Waals surface area contributed by atoms with E-state index in [0.29, 0.717) is 12.1 Å².